The van der Waals surface area contributed by atoms with Gasteiger partial charge in [0.05, 0.1) is 29.3 Å². The summed E-state index contributed by atoms with van der Waals surface area (Å²) in [6.07, 6.45) is 3.23. The molecule has 14 heavy (non-hydrogen) atoms. The molecular weight excluding hydrogens is 178 g/mol. The van der Waals surface area contributed by atoms with E-state index >= 15 is 0 Å². The number of benzene rings is 1. The Labute approximate surface area is 80.4 Å². The van der Waals surface area contributed by atoms with Gasteiger partial charge in [0.25, 0.3) is 0 Å². The van der Waals surface area contributed by atoms with Crippen molar-refractivity contribution >= 4 is 5.69 Å². The number of nitrogens with zero attached hydrogens (tertiary/aromatic N) is 4. The molecule has 0 radical (unpaired) electrons. The summed E-state index contributed by atoms with van der Waals surface area (Å²) in [7, 11) is 0. The van der Waals surface area contributed by atoms with Gasteiger partial charge in [-0.1, -0.05) is 11.3 Å². The van der Waals surface area contributed by atoms with Gasteiger partial charge in [0.15, 0.2) is 0 Å². The van der Waals surface area contributed by atoms with Crippen LogP contribution in [-0.2, 0) is 0 Å². The van der Waals surface area contributed by atoms with Crippen LogP contribution < -0.4 is 5.73 Å². The maximum atomic E-state index is 8.77. The predicted molar refractivity (Wildman–Crippen MR) is 50.5 cm³/mol. The molecule has 0 unspecified atom stereocenters. The van der Waals surface area contributed by atoms with Gasteiger partial charge in [-0.3, -0.25) is 0 Å². The van der Waals surface area contributed by atoms with E-state index in [0.29, 0.717) is 16.9 Å². The van der Waals surface area contributed by atoms with Crippen LogP contribution in [0.1, 0.15) is 5.56 Å². The quantitative estimate of drug-likeness (QED) is 0.664. The minimum absolute atomic E-state index is 0.417. The van der Waals surface area contributed by atoms with Crippen LogP contribution in [0, 0.1) is 11.3 Å². The molecule has 2 N–H and O–H groups in total. The molecule has 2 rings (SSSR count). The minimum atomic E-state index is 0.417. The fourth-order valence-corrected chi connectivity index (χ4v) is 1.19. The minimum Gasteiger partial charge on any atom is -0.396 e. The number of hydrogen-bond acceptors (Lipinski definition) is 4. The summed E-state index contributed by atoms with van der Waals surface area (Å²) in [5.41, 5.74) is 7.30. The zero-order valence-electron chi connectivity index (χ0n) is 7.25. The fourth-order valence-electron chi connectivity index (χ4n) is 1.19. The van der Waals surface area contributed by atoms with Crippen LogP contribution >= 0.6 is 0 Å². The van der Waals surface area contributed by atoms with E-state index in [9.17, 15) is 0 Å². The Morgan fingerprint density at radius 2 is 2.29 bits per heavy atom. The van der Waals surface area contributed by atoms with Crippen molar-refractivity contribution in [2.45, 2.75) is 0 Å². The van der Waals surface area contributed by atoms with Crippen LogP contribution in [-0.4, -0.2) is 15.0 Å². The van der Waals surface area contributed by atoms with Gasteiger partial charge in [0.1, 0.15) is 6.07 Å². The molecule has 2 aromatic rings. The van der Waals surface area contributed by atoms with Crippen LogP contribution in [0.2, 0.25) is 0 Å². The monoisotopic (exact) mass is 185 g/mol. The number of para-hydroxylation sites is 1. The normalized spacial score (nSPS) is 9.64. The lowest BCUT2D eigenvalue weighted by molar-refractivity contribution is 0.805. The first kappa shape index (κ1) is 8.26. The van der Waals surface area contributed by atoms with Gasteiger partial charge in [-0.05, 0) is 12.1 Å². The molecular formula is C9H7N5. The Bertz CT molecular complexity index is 480. The van der Waals surface area contributed by atoms with Gasteiger partial charge >= 0.3 is 0 Å². The summed E-state index contributed by atoms with van der Waals surface area (Å²) in [5, 5.41) is 16.2. The topological polar surface area (TPSA) is 80.5 Å². The molecule has 0 aliphatic rings. The highest BCUT2D eigenvalue weighted by molar-refractivity contribution is 5.66. The summed E-state index contributed by atoms with van der Waals surface area (Å²) in [4.78, 5) is 0. The number of anilines is 1. The van der Waals surface area contributed by atoms with Crippen molar-refractivity contribution in [3.63, 3.8) is 0 Å². The molecule has 5 nitrogen and oxygen atoms in total. The number of nitriles is 1. The molecule has 1 heterocycles. The summed E-state index contributed by atoms with van der Waals surface area (Å²) in [5.74, 6) is 0. The van der Waals surface area contributed by atoms with E-state index in [1.807, 2.05) is 6.07 Å². The number of nitrogens with two attached hydrogens (primary N) is 1. The first-order chi connectivity index (χ1) is 6.83. The number of rotatable bonds is 1. The first-order valence-corrected chi connectivity index (χ1v) is 3.98. The summed E-state index contributed by atoms with van der Waals surface area (Å²) >= 11 is 0. The molecule has 68 valence electrons. The highest BCUT2D eigenvalue weighted by atomic mass is 15.4. The largest absolute Gasteiger partial charge is 0.396 e. The van der Waals surface area contributed by atoms with Crippen molar-refractivity contribution in [3.8, 4) is 11.8 Å². The molecule has 0 atom stereocenters. The van der Waals surface area contributed by atoms with E-state index in [1.54, 1.807) is 30.6 Å². The molecule has 0 saturated carbocycles. The fraction of sp³-hybridized carbons (Fsp3) is 0. The Kier molecular flexibility index (Phi) is 1.88. The second-order valence-corrected chi connectivity index (χ2v) is 2.70. The van der Waals surface area contributed by atoms with Gasteiger partial charge in [-0.2, -0.15) is 5.26 Å². The third kappa shape index (κ3) is 1.19. The van der Waals surface area contributed by atoms with Gasteiger partial charge in [-0.25, -0.2) is 4.68 Å². The lowest BCUT2D eigenvalue weighted by Gasteiger charge is -2.04. The molecule has 0 aliphatic heterocycles. The van der Waals surface area contributed by atoms with E-state index in [1.165, 1.54) is 4.68 Å². The number of aromatic nitrogens is 3. The molecule has 0 fully saturated rings. The molecule has 1 aromatic heterocycles. The van der Waals surface area contributed by atoms with Crippen LogP contribution in [0.4, 0.5) is 5.69 Å². The average molecular weight is 185 g/mol. The van der Waals surface area contributed by atoms with Crippen LogP contribution in [0.3, 0.4) is 0 Å². The van der Waals surface area contributed by atoms with Crippen LogP contribution in [0.25, 0.3) is 5.69 Å². The maximum Gasteiger partial charge on any atom is 0.101 e. The SMILES string of the molecule is N#Cc1cccc(-n2ccnn2)c1N. The average Bonchev–Trinajstić information content (AvgIpc) is 2.71. The second-order valence-electron chi connectivity index (χ2n) is 2.70. The highest BCUT2D eigenvalue weighted by Gasteiger charge is 2.05. The van der Waals surface area contributed by atoms with Gasteiger partial charge in [0, 0.05) is 0 Å². The van der Waals surface area contributed by atoms with Gasteiger partial charge < -0.3 is 5.73 Å². The highest BCUT2D eigenvalue weighted by Crippen LogP contribution is 2.19. The summed E-state index contributed by atoms with van der Waals surface area (Å²) < 4.78 is 1.52. The predicted octanol–water partition coefficient (Wildman–Crippen LogP) is 0.721. The Morgan fingerprint density at radius 1 is 1.43 bits per heavy atom. The molecule has 0 spiro atoms. The van der Waals surface area contributed by atoms with E-state index in [0.717, 1.165) is 0 Å². The van der Waals surface area contributed by atoms with Crippen molar-refractivity contribution < 1.29 is 0 Å². The van der Waals surface area contributed by atoms with Gasteiger partial charge in [-0.15, -0.1) is 5.10 Å². The maximum absolute atomic E-state index is 8.77. The molecule has 0 saturated heterocycles. The molecule has 0 aliphatic carbocycles. The lowest BCUT2D eigenvalue weighted by atomic mass is 10.1. The molecule has 0 bridgehead atoms. The zero-order chi connectivity index (χ0) is 9.97. The van der Waals surface area contributed by atoms with Crippen LogP contribution in [0.5, 0.6) is 0 Å². The van der Waals surface area contributed by atoms with Crippen molar-refractivity contribution in [2.75, 3.05) is 5.73 Å². The second kappa shape index (κ2) is 3.18. The van der Waals surface area contributed by atoms with E-state index in [4.69, 9.17) is 11.0 Å². The van der Waals surface area contributed by atoms with E-state index < -0.39 is 0 Å². The Morgan fingerprint density at radius 3 is 2.93 bits per heavy atom. The number of nitrogen functional groups attached to an aromatic ring is 1. The van der Waals surface area contributed by atoms with E-state index in [-0.39, 0.29) is 0 Å². The Hall–Kier alpha value is -2.35. The third-order valence-corrected chi connectivity index (χ3v) is 1.87. The zero-order valence-corrected chi connectivity index (χ0v) is 7.25. The van der Waals surface area contributed by atoms with Crippen LogP contribution in [0.15, 0.2) is 30.6 Å². The smallest absolute Gasteiger partial charge is 0.101 e. The van der Waals surface area contributed by atoms with Gasteiger partial charge in [0.2, 0.25) is 0 Å². The summed E-state index contributed by atoms with van der Waals surface area (Å²) in [6, 6.07) is 7.21. The summed E-state index contributed by atoms with van der Waals surface area (Å²) in [6.45, 7) is 0. The standard InChI is InChI=1S/C9H7N5/c10-6-7-2-1-3-8(9(7)11)14-5-4-12-13-14/h1-5H,11H2. The van der Waals surface area contributed by atoms with Crippen molar-refractivity contribution in [1.82, 2.24) is 15.0 Å². The number of hydrogen-bond donors (Lipinski definition) is 1. The lowest BCUT2D eigenvalue weighted by Crippen LogP contribution is -2.02. The first-order valence-electron chi connectivity index (χ1n) is 3.98. The third-order valence-electron chi connectivity index (χ3n) is 1.87. The van der Waals surface area contributed by atoms with Crippen molar-refractivity contribution in [2.24, 2.45) is 0 Å². The van der Waals surface area contributed by atoms with Crippen molar-refractivity contribution in [3.05, 3.63) is 36.2 Å². The molecule has 1 aromatic carbocycles. The Balaban J connectivity index is 2.61. The van der Waals surface area contributed by atoms with E-state index in [2.05, 4.69) is 10.3 Å². The molecule has 0 amide bonds. The van der Waals surface area contributed by atoms with Crippen molar-refractivity contribution in [1.29, 1.82) is 5.26 Å². The molecule has 5 heteroatoms.